The Bertz CT molecular complexity index is 1070. The number of aliphatic carboxylic acids is 1. The number of carbonyl (C=O) groups is 2. The molecule has 1 aliphatic rings. The third kappa shape index (κ3) is 4.31. The van der Waals surface area contributed by atoms with Crippen LogP contribution in [0.1, 0.15) is 31.4 Å². The summed E-state index contributed by atoms with van der Waals surface area (Å²) >= 11 is 0. The van der Waals surface area contributed by atoms with Gasteiger partial charge in [-0.1, -0.05) is 56.3 Å². The van der Waals surface area contributed by atoms with Gasteiger partial charge in [-0.15, -0.1) is 0 Å². The molecular weight excluding hydrogens is 390 g/mol. The third-order valence-electron chi connectivity index (χ3n) is 5.93. The molecular formula is C26H25NO4. The maximum Gasteiger partial charge on any atom is 0.308 e. The molecule has 1 saturated heterocycles. The van der Waals surface area contributed by atoms with Crippen molar-refractivity contribution in [3.8, 4) is 11.5 Å². The first-order chi connectivity index (χ1) is 14.8. The van der Waals surface area contributed by atoms with Crippen molar-refractivity contribution in [1.29, 1.82) is 0 Å². The number of anilines is 1. The van der Waals surface area contributed by atoms with Crippen LogP contribution < -0.4 is 9.64 Å². The number of hydrogen-bond donors (Lipinski definition) is 1. The Morgan fingerprint density at radius 2 is 1.45 bits per heavy atom. The molecule has 1 aliphatic heterocycles. The van der Waals surface area contributed by atoms with E-state index in [9.17, 15) is 9.59 Å². The van der Waals surface area contributed by atoms with Gasteiger partial charge >= 0.3 is 5.97 Å². The van der Waals surface area contributed by atoms with E-state index in [4.69, 9.17) is 9.84 Å². The van der Waals surface area contributed by atoms with E-state index in [1.165, 1.54) is 16.0 Å². The SMILES string of the molecule is CC(C)(c1ccccc1)c1ccc(Oc2ccc(N3C[C@@H](C(=O)O)CC3=O)cc2)cc1. The zero-order valence-corrected chi connectivity index (χ0v) is 17.6. The number of nitrogens with zero attached hydrogens (tertiary/aromatic N) is 1. The van der Waals surface area contributed by atoms with Gasteiger partial charge in [0, 0.05) is 24.1 Å². The van der Waals surface area contributed by atoms with Gasteiger partial charge in [-0.25, -0.2) is 0 Å². The highest BCUT2D eigenvalue weighted by molar-refractivity contribution is 5.99. The highest BCUT2D eigenvalue weighted by Gasteiger charge is 2.35. The molecule has 1 fully saturated rings. The predicted octanol–water partition coefficient (Wildman–Crippen LogP) is 5.24. The Morgan fingerprint density at radius 3 is 2.00 bits per heavy atom. The van der Waals surface area contributed by atoms with Gasteiger partial charge in [-0.3, -0.25) is 9.59 Å². The molecule has 5 heteroatoms. The molecule has 158 valence electrons. The van der Waals surface area contributed by atoms with Crippen molar-refractivity contribution in [2.45, 2.75) is 25.7 Å². The lowest BCUT2D eigenvalue weighted by molar-refractivity contribution is -0.141. The number of ether oxygens (including phenoxy) is 1. The smallest absolute Gasteiger partial charge is 0.308 e. The normalized spacial score (nSPS) is 16.4. The summed E-state index contributed by atoms with van der Waals surface area (Å²) in [7, 11) is 0. The summed E-state index contributed by atoms with van der Waals surface area (Å²) < 4.78 is 5.96. The summed E-state index contributed by atoms with van der Waals surface area (Å²) in [6.07, 6.45) is 0.0409. The maximum atomic E-state index is 12.1. The molecule has 0 saturated carbocycles. The molecule has 0 aliphatic carbocycles. The lowest BCUT2D eigenvalue weighted by Crippen LogP contribution is -2.25. The lowest BCUT2D eigenvalue weighted by Gasteiger charge is -2.26. The summed E-state index contributed by atoms with van der Waals surface area (Å²) in [4.78, 5) is 24.8. The van der Waals surface area contributed by atoms with Gasteiger partial charge in [0.15, 0.2) is 0 Å². The van der Waals surface area contributed by atoms with Gasteiger partial charge in [0.2, 0.25) is 5.91 Å². The van der Waals surface area contributed by atoms with Gasteiger partial charge in [0.05, 0.1) is 5.92 Å². The molecule has 0 bridgehead atoms. The lowest BCUT2D eigenvalue weighted by atomic mass is 9.78. The van der Waals surface area contributed by atoms with Crippen LogP contribution in [0.15, 0.2) is 78.9 Å². The number of hydrogen-bond acceptors (Lipinski definition) is 3. The second-order valence-corrected chi connectivity index (χ2v) is 8.35. The van der Waals surface area contributed by atoms with Crippen LogP contribution in [-0.4, -0.2) is 23.5 Å². The van der Waals surface area contributed by atoms with Crippen LogP contribution >= 0.6 is 0 Å². The zero-order valence-electron chi connectivity index (χ0n) is 17.6. The topological polar surface area (TPSA) is 66.8 Å². The molecule has 4 rings (SSSR count). The Kier molecular flexibility index (Phi) is 5.51. The minimum absolute atomic E-state index is 0.0409. The molecule has 0 unspecified atom stereocenters. The van der Waals surface area contributed by atoms with Crippen molar-refractivity contribution in [3.05, 3.63) is 90.0 Å². The average Bonchev–Trinajstić information content (AvgIpc) is 3.17. The van der Waals surface area contributed by atoms with Crippen molar-refractivity contribution < 1.29 is 19.4 Å². The first kappa shape index (κ1) is 20.7. The van der Waals surface area contributed by atoms with Gasteiger partial charge in [-0.05, 0) is 47.5 Å². The second-order valence-electron chi connectivity index (χ2n) is 8.35. The van der Waals surface area contributed by atoms with Crippen molar-refractivity contribution in [2.24, 2.45) is 5.92 Å². The molecule has 1 heterocycles. The second kappa shape index (κ2) is 8.26. The van der Waals surface area contributed by atoms with Crippen LogP contribution in [0.2, 0.25) is 0 Å². The van der Waals surface area contributed by atoms with E-state index in [0.29, 0.717) is 11.4 Å². The van der Waals surface area contributed by atoms with Crippen LogP contribution in [0, 0.1) is 5.92 Å². The summed E-state index contributed by atoms with van der Waals surface area (Å²) in [5, 5.41) is 9.14. The van der Waals surface area contributed by atoms with E-state index in [-0.39, 0.29) is 24.3 Å². The van der Waals surface area contributed by atoms with E-state index in [2.05, 4.69) is 50.2 Å². The van der Waals surface area contributed by atoms with E-state index in [1.54, 1.807) is 24.3 Å². The van der Waals surface area contributed by atoms with Crippen molar-refractivity contribution in [3.63, 3.8) is 0 Å². The molecule has 1 amide bonds. The summed E-state index contributed by atoms with van der Waals surface area (Å²) in [5.74, 6) is -0.377. The van der Waals surface area contributed by atoms with Crippen LogP contribution in [0.3, 0.4) is 0 Å². The highest BCUT2D eigenvalue weighted by atomic mass is 16.5. The minimum atomic E-state index is -0.935. The number of carboxylic acids is 1. The minimum Gasteiger partial charge on any atom is -0.481 e. The summed E-state index contributed by atoms with van der Waals surface area (Å²) in [5.41, 5.74) is 3.01. The maximum absolute atomic E-state index is 12.1. The van der Waals surface area contributed by atoms with E-state index in [1.807, 2.05) is 18.2 Å². The first-order valence-electron chi connectivity index (χ1n) is 10.3. The molecule has 3 aromatic carbocycles. The average molecular weight is 415 g/mol. The fourth-order valence-corrected chi connectivity index (χ4v) is 3.91. The number of rotatable bonds is 6. The largest absolute Gasteiger partial charge is 0.481 e. The number of carbonyl (C=O) groups excluding carboxylic acids is 1. The van der Waals surface area contributed by atoms with Gasteiger partial charge < -0.3 is 14.7 Å². The van der Waals surface area contributed by atoms with Crippen molar-refractivity contribution in [1.82, 2.24) is 0 Å². The molecule has 1 N–H and O–H groups in total. The van der Waals surface area contributed by atoms with Crippen LogP contribution in [0.4, 0.5) is 5.69 Å². The van der Waals surface area contributed by atoms with Crippen molar-refractivity contribution >= 4 is 17.6 Å². The molecule has 1 atom stereocenters. The monoisotopic (exact) mass is 415 g/mol. The summed E-state index contributed by atoms with van der Waals surface area (Å²) in [6.45, 7) is 4.60. The van der Waals surface area contributed by atoms with Gasteiger partial charge in [0.1, 0.15) is 11.5 Å². The first-order valence-corrected chi connectivity index (χ1v) is 10.3. The Labute approximate surface area is 181 Å². The quantitative estimate of drug-likeness (QED) is 0.598. The van der Waals surface area contributed by atoms with Gasteiger partial charge in [-0.2, -0.15) is 0 Å². The molecule has 5 nitrogen and oxygen atoms in total. The molecule has 0 radical (unpaired) electrons. The number of amides is 1. The predicted molar refractivity (Wildman–Crippen MR) is 120 cm³/mol. The van der Waals surface area contributed by atoms with Crippen LogP contribution in [-0.2, 0) is 15.0 Å². The molecule has 0 aromatic heterocycles. The van der Waals surface area contributed by atoms with Crippen LogP contribution in [0.25, 0.3) is 0 Å². The Hall–Kier alpha value is -3.60. The fourth-order valence-electron chi connectivity index (χ4n) is 3.91. The molecule has 31 heavy (non-hydrogen) atoms. The molecule has 0 spiro atoms. The van der Waals surface area contributed by atoms with Crippen LogP contribution in [0.5, 0.6) is 11.5 Å². The fraction of sp³-hybridized carbons (Fsp3) is 0.231. The standard InChI is InChI=1S/C26H25NO4/c1-26(2,19-6-4-3-5-7-19)20-8-12-22(13-9-20)31-23-14-10-21(11-15-23)27-17-18(25(29)30)16-24(27)28/h3-15,18H,16-17H2,1-2H3,(H,29,30)/t18-/m0/s1. The zero-order chi connectivity index (χ0) is 22.0. The van der Waals surface area contributed by atoms with Crippen molar-refractivity contribution in [2.75, 3.05) is 11.4 Å². The van der Waals surface area contributed by atoms with E-state index in [0.717, 1.165) is 5.75 Å². The van der Waals surface area contributed by atoms with E-state index < -0.39 is 11.9 Å². The Balaban J connectivity index is 1.44. The number of benzene rings is 3. The summed E-state index contributed by atoms with van der Waals surface area (Å²) in [6, 6.07) is 25.6. The highest BCUT2D eigenvalue weighted by Crippen LogP contribution is 2.33. The number of carboxylic acid groups (broad SMARTS) is 1. The third-order valence-corrected chi connectivity index (χ3v) is 5.93. The molecule has 3 aromatic rings. The van der Waals surface area contributed by atoms with E-state index >= 15 is 0 Å². The van der Waals surface area contributed by atoms with Gasteiger partial charge in [0.25, 0.3) is 0 Å². The Morgan fingerprint density at radius 1 is 0.903 bits per heavy atom.